The van der Waals surface area contributed by atoms with Crippen molar-refractivity contribution >= 4 is 29.0 Å². The summed E-state index contributed by atoms with van der Waals surface area (Å²) in [4.78, 5) is 23.9. The van der Waals surface area contributed by atoms with Gasteiger partial charge in [-0.1, -0.05) is 18.5 Å². The van der Waals surface area contributed by atoms with Crippen molar-refractivity contribution in [2.24, 2.45) is 0 Å². The summed E-state index contributed by atoms with van der Waals surface area (Å²) >= 11 is 6.13. The fraction of sp³-hybridized carbons (Fsp3) is 0.370. The van der Waals surface area contributed by atoms with Crippen LogP contribution in [0.1, 0.15) is 19.8 Å². The molecule has 0 fully saturated rings. The lowest BCUT2D eigenvalue weighted by Crippen LogP contribution is -2.34. The third-order valence-electron chi connectivity index (χ3n) is 6.02. The molecule has 37 heavy (non-hydrogen) atoms. The van der Waals surface area contributed by atoms with Crippen LogP contribution in [0.4, 0.5) is 15.9 Å². The number of hydrogen-bond acceptors (Lipinski definition) is 7. The summed E-state index contributed by atoms with van der Waals surface area (Å²) in [6.07, 6.45) is 4.70. The number of aromatic nitrogens is 2. The normalized spacial score (nSPS) is 12.6. The Kier molecular flexibility index (Phi) is 9.27. The van der Waals surface area contributed by atoms with Gasteiger partial charge >= 0.3 is 0 Å². The quantitative estimate of drug-likeness (QED) is 0.334. The molecule has 0 spiro atoms. The molecule has 0 unspecified atom stereocenters. The second-order valence-electron chi connectivity index (χ2n) is 8.84. The first-order valence-corrected chi connectivity index (χ1v) is 12.9. The van der Waals surface area contributed by atoms with Crippen molar-refractivity contribution in [3.8, 4) is 28.1 Å². The number of likely N-dealkylation sites (N-methyl/N-ethyl adjacent to an activating group) is 1. The van der Waals surface area contributed by atoms with E-state index in [4.69, 9.17) is 16.3 Å². The third kappa shape index (κ3) is 6.94. The van der Waals surface area contributed by atoms with Crippen molar-refractivity contribution in [3.05, 3.63) is 53.6 Å². The van der Waals surface area contributed by atoms with Gasteiger partial charge in [0.25, 0.3) is 0 Å². The summed E-state index contributed by atoms with van der Waals surface area (Å²) in [7, 11) is 1.92. The van der Waals surface area contributed by atoms with Gasteiger partial charge in [-0.25, -0.2) is 9.37 Å². The maximum atomic E-state index is 14.7. The maximum absolute atomic E-state index is 14.7. The van der Waals surface area contributed by atoms with Gasteiger partial charge in [0.05, 0.1) is 24.1 Å². The summed E-state index contributed by atoms with van der Waals surface area (Å²) in [6.45, 7) is 6.58. The van der Waals surface area contributed by atoms with E-state index >= 15 is 0 Å². The molecule has 4 rings (SSSR count). The van der Waals surface area contributed by atoms with Gasteiger partial charge < -0.3 is 25.6 Å². The van der Waals surface area contributed by atoms with E-state index in [9.17, 15) is 9.18 Å². The Balaban J connectivity index is 1.57. The zero-order valence-electron chi connectivity index (χ0n) is 21.1. The van der Waals surface area contributed by atoms with Gasteiger partial charge in [0.15, 0.2) is 11.6 Å². The molecule has 0 saturated heterocycles. The minimum atomic E-state index is -0.425. The number of ether oxygens (including phenoxy) is 1. The second kappa shape index (κ2) is 12.8. The Bertz CT molecular complexity index is 1240. The standard InChI is InChI=1S/C27H32ClFN6O2/c1-3-9-35(11-7-30-2)10-6-25(36)33-20-13-18(16-31-17-20)21-15-24(22-14-19(28)4-5-23(22)29)34-27-26(21)37-12-8-32-27/h4-5,13-17,30H,3,6-12H2,1-2H3,(H,32,34)(H,33,36). The molecule has 1 amide bonds. The number of fused-ring (bicyclic) bond motifs is 1. The van der Waals surface area contributed by atoms with E-state index in [0.29, 0.717) is 65.2 Å². The lowest BCUT2D eigenvalue weighted by molar-refractivity contribution is -0.116. The zero-order valence-corrected chi connectivity index (χ0v) is 21.9. The van der Waals surface area contributed by atoms with Crippen LogP contribution in [0.3, 0.4) is 0 Å². The third-order valence-corrected chi connectivity index (χ3v) is 6.26. The molecule has 0 aliphatic carbocycles. The van der Waals surface area contributed by atoms with E-state index in [1.807, 2.05) is 13.1 Å². The predicted octanol–water partition coefficient (Wildman–Crippen LogP) is 4.67. The number of rotatable bonds is 11. The van der Waals surface area contributed by atoms with E-state index in [1.54, 1.807) is 24.5 Å². The number of pyridine rings is 2. The fourth-order valence-corrected chi connectivity index (χ4v) is 4.40. The number of amides is 1. The van der Waals surface area contributed by atoms with Crippen LogP contribution in [0.5, 0.6) is 5.75 Å². The summed E-state index contributed by atoms with van der Waals surface area (Å²) in [5.41, 5.74) is 2.68. The van der Waals surface area contributed by atoms with Gasteiger partial charge in [-0.3, -0.25) is 9.78 Å². The minimum absolute atomic E-state index is 0.0825. The van der Waals surface area contributed by atoms with Gasteiger partial charge in [0.2, 0.25) is 5.91 Å². The Morgan fingerprint density at radius 1 is 1.19 bits per heavy atom. The number of carbonyl (C=O) groups excluding carboxylic acids is 1. The minimum Gasteiger partial charge on any atom is -0.487 e. The zero-order chi connectivity index (χ0) is 26.2. The molecule has 0 radical (unpaired) electrons. The first-order chi connectivity index (χ1) is 18.0. The summed E-state index contributed by atoms with van der Waals surface area (Å²) in [5.74, 6) is 0.568. The largest absolute Gasteiger partial charge is 0.487 e. The van der Waals surface area contributed by atoms with Gasteiger partial charge in [0, 0.05) is 54.0 Å². The van der Waals surface area contributed by atoms with Crippen LogP contribution in [0, 0.1) is 5.82 Å². The molecule has 196 valence electrons. The molecule has 1 aliphatic rings. The van der Waals surface area contributed by atoms with Crippen molar-refractivity contribution < 1.29 is 13.9 Å². The highest BCUT2D eigenvalue weighted by molar-refractivity contribution is 6.30. The molecule has 8 nitrogen and oxygen atoms in total. The number of hydrogen-bond donors (Lipinski definition) is 3. The summed E-state index contributed by atoms with van der Waals surface area (Å²) < 4.78 is 20.6. The van der Waals surface area contributed by atoms with E-state index in [-0.39, 0.29) is 11.5 Å². The lowest BCUT2D eigenvalue weighted by atomic mass is 10.0. The highest BCUT2D eigenvalue weighted by atomic mass is 35.5. The molecular formula is C27H32ClFN6O2. The highest BCUT2D eigenvalue weighted by Gasteiger charge is 2.21. The van der Waals surface area contributed by atoms with Gasteiger partial charge in [0.1, 0.15) is 12.4 Å². The molecular weight excluding hydrogens is 495 g/mol. The average Bonchev–Trinajstić information content (AvgIpc) is 2.91. The Labute approximate surface area is 221 Å². The van der Waals surface area contributed by atoms with E-state index in [0.717, 1.165) is 26.1 Å². The Morgan fingerprint density at radius 2 is 2.05 bits per heavy atom. The molecule has 1 aliphatic heterocycles. The molecule has 0 atom stereocenters. The number of nitrogens with zero attached hydrogens (tertiary/aromatic N) is 3. The van der Waals surface area contributed by atoms with Crippen LogP contribution in [0.2, 0.25) is 5.02 Å². The molecule has 3 heterocycles. The van der Waals surface area contributed by atoms with Gasteiger partial charge in [-0.2, -0.15) is 0 Å². The molecule has 3 aromatic rings. The number of nitrogens with one attached hydrogen (secondary N) is 3. The Hall–Kier alpha value is -3.27. The first-order valence-electron chi connectivity index (χ1n) is 12.5. The van der Waals surface area contributed by atoms with Crippen LogP contribution in [-0.2, 0) is 4.79 Å². The maximum Gasteiger partial charge on any atom is 0.225 e. The molecule has 0 bridgehead atoms. The van der Waals surface area contributed by atoms with Crippen molar-refractivity contribution in [3.63, 3.8) is 0 Å². The van der Waals surface area contributed by atoms with E-state index in [1.165, 1.54) is 12.1 Å². The number of halogens is 2. The van der Waals surface area contributed by atoms with Crippen LogP contribution in [0.15, 0.2) is 42.7 Å². The monoisotopic (exact) mass is 526 g/mol. The topological polar surface area (TPSA) is 91.4 Å². The molecule has 10 heteroatoms. The number of carbonyl (C=O) groups is 1. The van der Waals surface area contributed by atoms with Crippen molar-refractivity contribution in [1.82, 2.24) is 20.2 Å². The van der Waals surface area contributed by atoms with Crippen LogP contribution < -0.4 is 20.7 Å². The van der Waals surface area contributed by atoms with Crippen LogP contribution in [-0.4, -0.2) is 67.2 Å². The number of benzene rings is 1. The van der Waals surface area contributed by atoms with Crippen molar-refractivity contribution in [2.75, 3.05) is 57.0 Å². The van der Waals surface area contributed by atoms with Crippen LogP contribution >= 0.6 is 11.6 Å². The summed E-state index contributed by atoms with van der Waals surface area (Å²) in [5, 5.41) is 9.74. The van der Waals surface area contributed by atoms with E-state index < -0.39 is 5.82 Å². The predicted molar refractivity (Wildman–Crippen MR) is 146 cm³/mol. The lowest BCUT2D eigenvalue weighted by Gasteiger charge is -2.22. The van der Waals surface area contributed by atoms with Gasteiger partial charge in [-0.15, -0.1) is 0 Å². The van der Waals surface area contributed by atoms with Crippen LogP contribution in [0.25, 0.3) is 22.4 Å². The molecule has 2 aromatic heterocycles. The van der Waals surface area contributed by atoms with E-state index in [2.05, 4.69) is 37.7 Å². The Morgan fingerprint density at radius 3 is 2.86 bits per heavy atom. The first kappa shape index (κ1) is 26.8. The van der Waals surface area contributed by atoms with Crippen molar-refractivity contribution in [1.29, 1.82) is 0 Å². The molecule has 3 N–H and O–H groups in total. The number of anilines is 2. The smallest absolute Gasteiger partial charge is 0.225 e. The van der Waals surface area contributed by atoms with Crippen molar-refractivity contribution in [2.45, 2.75) is 19.8 Å². The second-order valence-corrected chi connectivity index (χ2v) is 9.27. The summed E-state index contributed by atoms with van der Waals surface area (Å²) in [6, 6.07) is 7.96. The molecule has 0 saturated carbocycles. The van der Waals surface area contributed by atoms with Gasteiger partial charge in [-0.05, 0) is 50.3 Å². The SMILES string of the molecule is CCCN(CCNC)CCC(=O)Nc1cncc(-c2cc(-c3cc(Cl)ccc3F)nc3c2OCCN3)c1. The highest BCUT2D eigenvalue weighted by Crippen LogP contribution is 2.41. The molecule has 1 aromatic carbocycles. The average molecular weight is 527 g/mol. The fourth-order valence-electron chi connectivity index (χ4n) is 4.23.